The fourth-order valence-electron chi connectivity index (χ4n) is 2.45. The van der Waals surface area contributed by atoms with E-state index in [4.69, 9.17) is 9.47 Å². The lowest BCUT2D eigenvalue weighted by Crippen LogP contribution is -2.51. The molecule has 5 nitrogen and oxygen atoms in total. The number of hydrogen-bond acceptors (Lipinski definition) is 4. The van der Waals surface area contributed by atoms with Crippen LogP contribution in [0.3, 0.4) is 0 Å². The molecule has 0 bridgehead atoms. The minimum atomic E-state index is -0.847. The molecule has 21 heavy (non-hydrogen) atoms. The minimum Gasteiger partial charge on any atom is -0.491 e. The van der Waals surface area contributed by atoms with Crippen LogP contribution in [0, 0.1) is 5.82 Å². The number of ether oxygens (including phenoxy) is 2. The third kappa shape index (κ3) is 3.51. The topological polar surface area (TPSA) is 59.6 Å². The van der Waals surface area contributed by atoms with E-state index < -0.39 is 11.4 Å². The third-order valence-electron chi connectivity index (χ3n) is 3.71. The number of carbonyl (C=O) groups is 1. The van der Waals surface area contributed by atoms with Crippen LogP contribution in [0.1, 0.15) is 19.8 Å². The van der Waals surface area contributed by atoms with Crippen molar-refractivity contribution in [3.8, 4) is 5.75 Å². The van der Waals surface area contributed by atoms with Gasteiger partial charge in [0, 0.05) is 18.9 Å². The Bertz CT molecular complexity index is 502. The second-order valence-corrected chi connectivity index (χ2v) is 4.98. The highest BCUT2D eigenvalue weighted by Gasteiger charge is 2.39. The van der Waals surface area contributed by atoms with E-state index in [-0.39, 0.29) is 11.7 Å². The summed E-state index contributed by atoms with van der Waals surface area (Å²) in [5.74, 6) is -0.555. The van der Waals surface area contributed by atoms with E-state index in [1.807, 2.05) is 0 Å². The van der Waals surface area contributed by atoms with Crippen molar-refractivity contribution in [2.75, 3.05) is 32.1 Å². The molecule has 0 radical (unpaired) electrons. The lowest BCUT2D eigenvalue weighted by molar-refractivity contribution is -0.140. The largest absolute Gasteiger partial charge is 0.491 e. The highest BCUT2D eigenvalue weighted by molar-refractivity contribution is 5.97. The van der Waals surface area contributed by atoms with Gasteiger partial charge in [-0.2, -0.15) is 0 Å². The monoisotopic (exact) mass is 296 g/mol. The van der Waals surface area contributed by atoms with E-state index in [1.54, 1.807) is 13.0 Å². The molecule has 1 heterocycles. The van der Waals surface area contributed by atoms with Crippen molar-refractivity contribution < 1.29 is 18.7 Å². The van der Waals surface area contributed by atoms with Crippen LogP contribution in [0.4, 0.5) is 10.1 Å². The SMILES string of the molecule is CCOc1ccc(NC(=O)C2(OC)CCNCC2)cc1F. The number of piperidine rings is 1. The summed E-state index contributed by atoms with van der Waals surface area (Å²) in [6.07, 6.45) is 1.18. The first-order valence-corrected chi connectivity index (χ1v) is 7.11. The van der Waals surface area contributed by atoms with Crippen LogP contribution in [-0.2, 0) is 9.53 Å². The van der Waals surface area contributed by atoms with Crippen molar-refractivity contribution in [2.24, 2.45) is 0 Å². The molecule has 116 valence electrons. The molecule has 0 aromatic heterocycles. The van der Waals surface area contributed by atoms with Crippen molar-refractivity contribution >= 4 is 11.6 Å². The first-order valence-electron chi connectivity index (χ1n) is 7.11. The van der Waals surface area contributed by atoms with Crippen LogP contribution >= 0.6 is 0 Å². The molecule has 0 saturated carbocycles. The van der Waals surface area contributed by atoms with Crippen LogP contribution < -0.4 is 15.4 Å². The molecule has 0 aliphatic carbocycles. The van der Waals surface area contributed by atoms with E-state index >= 15 is 0 Å². The Hall–Kier alpha value is -1.66. The number of rotatable bonds is 5. The number of hydrogen-bond donors (Lipinski definition) is 2. The van der Waals surface area contributed by atoms with Crippen LogP contribution in [0.2, 0.25) is 0 Å². The fraction of sp³-hybridized carbons (Fsp3) is 0.533. The quantitative estimate of drug-likeness (QED) is 0.871. The van der Waals surface area contributed by atoms with Gasteiger partial charge < -0.3 is 20.1 Å². The van der Waals surface area contributed by atoms with Crippen LogP contribution in [0.25, 0.3) is 0 Å². The average molecular weight is 296 g/mol. The molecular weight excluding hydrogens is 275 g/mol. The number of carbonyl (C=O) groups excluding carboxylic acids is 1. The van der Waals surface area contributed by atoms with Gasteiger partial charge in [0.25, 0.3) is 5.91 Å². The Labute approximate surface area is 123 Å². The third-order valence-corrected chi connectivity index (χ3v) is 3.71. The van der Waals surface area contributed by atoms with Crippen LogP contribution in [-0.4, -0.2) is 38.3 Å². The lowest BCUT2D eigenvalue weighted by Gasteiger charge is -2.34. The van der Waals surface area contributed by atoms with Gasteiger partial charge in [0.05, 0.1) is 6.61 Å². The van der Waals surface area contributed by atoms with Crippen molar-refractivity contribution in [1.29, 1.82) is 0 Å². The molecule has 1 aliphatic rings. The minimum absolute atomic E-state index is 0.179. The van der Waals surface area contributed by atoms with E-state index in [0.29, 0.717) is 25.1 Å². The van der Waals surface area contributed by atoms with Crippen molar-refractivity contribution in [3.05, 3.63) is 24.0 Å². The summed E-state index contributed by atoms with van der Waals surface area (Å²) >= 11 is 0. The number of halogens is 1. The Morgan fingerprint density at radius 1 is 1.43 bits per heavy atom. The van der Waals surface area contributed by atoms with Gasteiger partial charge in [-0.1, -0.05) is 0 Å². The second kappa shape index (κ2) is 6.87. The van der Waals surface area contributed by atoms with E-state index in [0.717, 1.165) is 13.1 Å². The molecule has 1 fully saturated rings. The molecule has 2 rings (SSSR count). The number of benzene rings is 1. The maximum atomic E-state index is 13.8. The van der Waals surface area contributed by atoms with E-state index in [2.05, 4.69) is 10.6 Å². The summed E-state index contributed by atoms with van der Waals surface area (Å²) in [7, 11) is 1.53. The maximum Gasteiger partial charge on any atom is 0.256 e. The molecule has 6 heteroatoms. The van der Waals surface area contributed by atoms with Gasteiger partial charge in [-0.25, -0.2) is 4.39 Å². The predicted octanol–water partition coefficient (Wildman–Crippen LogP) is 1.93. The highest BCUT2D eigenvalue weighted by Crippen LogP contribution is 2.26. The normalized spacial score (nSPS) is 17.3. The summed E-state index contributed by atoms with van der Waals surface area (Å²) in [5, 5.41) is 5.91. The van der Waals surface area contributed by atoms with Gasteiger partial charge >= 0.3 is 0 Å². The zero-order chi connectivity index (χ0) is 15.3. The lowest BCUT2D eigenvalue weighted by atomic mass is 9.91. The number of anilines is 1. The predicted molar refractivity (Wildman–Crippen MR) is 78.0 cm³/mol. The van der Waals surface area contributed by atoms with Crippen molar-refractivity contribution in [1.82, 2.24) is 5.32 Å². The summed E-state index contributed by atoms with van der Waals surface area (Å²) in [4.78, 5) is 12.4. The Morgan fingerprint density at radius 3 is 2.71 bits per heavy atom. The highest BCUT2D eigenvalue weighted by atomic mass is 19.1. The maximum absolute atomic E-state index is 13.8. The standard InChI is InChI=1S/C15H21FN2O3/c1-3-21-13-5-4-11(10-12(13)16)18-14(19)15(20-2)6-8-17-9-7-15/h4-5,10,17H,3,6-9H2,1-2H3,(H,18,19). The van der Waals surface area contributed by atoms with Gasteiger partial charge in [-0.3, -0.25) is 4.79 Å². The van der Waals surface area contributed by atoms with Gasteiger partial charge in [0.2, 0.25) is 0 Å². The Balaban J connectivity index is 2.09. The molecule has 0 unspecified atom stereocenters. The van der Waals surface area contributed by atoms with Gasteiger partial charge in [0.15, 0.2) is 11.6 Å². The van der Waals surface area contributed by atoms with Gasteiger partial charge in [-0.05, 0) is 45.0 Å². The first-order chi connectivity index (χ1) is 10.1. The molecule has 1 aliphatic heterocycles. The fourth-order valence-corrected chi connectivity index (χ4v) is 2.45. The molecule has 1 amide bonds. The molecular formula is C15H21FN2O3. The van der Waals surface area contributed by atoms with E-state index in [9.17, 15) is 9.18 Å². The molecule has 1 saturated heterocycles. The van der Waals surface area contributed by atoms with E-state index in [1.165, 1.54) is 19.2 Å². The number of methoxy groups -OCH3 is 1. The van der Waals surface area contributed by atoms with Gasteiger partial charge in [-0.15, -0.1) is 0 Å². The molecule has 1 aromatic carbocycles. The Morgan fingerprint density at radius 2 is 2.14 bits per heavy atom. The van der Waals surface area contributed by atoms with Crippen molar-refractivity contribution in [2.45, 2.75) is 25.4 Å². The molecule has 0 spiro atoms. The molecule has 0 atom stereocenters. The Kier molecular flexibility index (Phi) is 5.14. The van der Waals surface area contributed by atoms with Crippen LogP contribution in [0.5, 0.6) is 5.75 Å². The molecule has 2 N–H and O–H groups in total. The number of nitrogens with one attached hydrogen (secondary N) is 2. The summed E-state index contributed by atoms with van der Waals surface area (Å²) < 4.78 is 24.4. The first kappa shape index (κ1) is 15.7. The summed E-state index contributed by atoms with van der Waals surface area (Å²) in [5.41, 5.74) is -0.448. The summed E-state index contributed by atoms with van der Waals surface area (Å²) in [6.45, 7) is 3.62. The number of amides is 1. The molecule has 1 aromatic rings. The second-order valence-electron chi connectivity index (χ2n) is 4.98. The summed E-state index contributed by atoms with van der Waals surface area (Å²) in [6, 6.07) is 4.39. The van der Waals surface area contributed by atoms with Gasteiger partial charge in [0.1, 0.15) is 5.60 Å². The van der Waals surface area contributed by atoms with Crippen molar-refractivity contribution in [3.63, 3.8) is 0 Å². The smallest absolute Gasteiger partial charge is 0.256 e. The van der Waals surface area contributed by atoms with Crippen LogP contribution in [0.15, 0.2) is 18.2 Å². The zero-order valence-electron chi connectivity index (χ0n) is 12.4. The average Bonchev–Trinajstić information content (AvgIpc) is 2.50. The zero-order valence-corrected chi connectivity index (χ0v) is 12.4.